The van der Waals surface area contributed by atoms with Gasteiger partial charge < -0.3 is 9.23 Å². The molecule has 0 spiro atoms. The van der Waals surface area contributed by atoms with E-state index in [1.54, 1.807) is 6.26 Å². The molecule has 2 nitrogen and oxygen atoms in total. The maximum absolute atomic E-state index is 5.45. The van der Waals surface area contributed by atoms with Gasteiger partial charge in [0.2, 0.25) is 0 Å². The third-order valence-corrected chi connectivity index (χ3v) is 2.97. The lowest BCUT2D eigenvalue weighted by atomic mass is 9.64. The summed E-state index contributed by atoms with van der Waals surface area (Å²) in [6.45, 7) is 4.44. The zero-order valence-corrected chi connectivity index (χ0v) is 8.92. The van der Waals surface area contributed by atoms with Crippen molar-refractivity contribution in [1.29, 1.82) is 0 Å². The lowest BCUT2D eigenvalue weighted by Gasteiger charge is -2.28. The molecule has 14 heavy (non-hydrogen) atoms. The van der Waals surface area contributed by atoms with Crippen LogP contribution in [0, 0.1) is 0 Å². The average Bonchev–Trinajstić information content (AvgIpc) is 2.71. The van der Waals surface area contributed by atoms with E-state index in [1.807, 2.05) is 6.07 Å². The first-order valence-corrected chi connectivity index (χ1v) is 5.26. The molecule has 0 aromatic carbocycles. The smallest absolute Gasteiger partial charge is 0.161 e. The van der Waals surface area contributed by atoms with Crippen LogP contribution in [-0.4, -0.2) is 32.9 Å². The normalized spacial score (nSPS) is 18.6. The lowest BCUT2D eigenvalue weighted by Crippen LogP contribution is -2.34. The van der Waals surface area contributed by atoms with Crippen molar-refractivity contribution in [2.75, 3.05) is 13.1 Å². The molecule has 2 heterocycles. The summed E-state index contributed by atoms with van der Waals surface area (Å²) in [7, 11) is 3.33. The fourth-order valence-electron chi connectivity index (χ4n) is 1.92. The van der Waals surface area contributed by atoms with Gasteiger partial charge in [-0.05, 0) is 32.0 Å². The van der Waals surface area contributed by atoms with Crippen LogP contribution in [-0.2, 0) is 0 Å². The van der Waals surface area contributed by atoms with Gasteiger partial charge in [0.15, 0.2) is 7.31 Å². The van der Waals surface area contributed by atoms with Crippen molar-refractivity contribution in [3.63, 3.8) is 0 Å². The summed E-state index contributed by atoms with van der Waals surface area (Å²) in [4.78, 5) is 2.45. The molecule has 1 aromatic heterocycles. The van der Waals surface area contributed by atoms with E-state index >= 15 is 0 Å². The Kier molecular flexibility index (Phi) is 2.82. The highest BCUT2D eigenvalue weighted by Gasteiger charge is 2.17. The molecule has 0 N–H and O–H groups in total. The van der Waals surface area contributed by atoms with E-state index < -0.39 is 0 Å². The van der Waals surface area contributed by atoms with Crippen molar-refractivity contribution in [3.8, 4) is 0 Å². The van der Waals surface area contributed by atoms with Crippen molar-refractivity contribution in [1.82, 2.24) is 4.81 Å². The summed E-state index contributed by atoms with van der Waals surface area (Å²) in [6, 6.07) is 4.01. The Morgan fingerprint density at radius 3 is 3.07 bits per heavy atom. The molecule has 2 rings (SSSR count). The standard InChI is InChI=1S/C10H15B2NO/c1-8-4-5-13(12-11)7-9(8)10-3-2-6-14-10/h2-3,6,12H,4-5,7,11H2,1H3. The van der Waals surface area contributed by atoms with Gasteiger partial charge in [0, 0.05) is 12.1 Å². The predicted molar refractivity (Wildman–Crippen MR) is 63.2 cm³/mol. The quantitative estimate of drug-likeness (QED) is 0.632. The molecule has 0 fully saturated rings. The molecule has 0 radical (unpaired) electrons. The molecular weight excluding hydrogens is 172 g/mol. The highest BCUT2D eigenvalue weighted by atomic mass is 16.3. The second kappa shape index (κ2) is 4.09. The number of hydrogen-bond acceptors (Lipinski definition) is 2. The first-order chi connectivity index (χ1) is 6.81. The van der Waals surface area contributed by atoms with Crippen molar-refractivity contribution < 1.29 is 4.42 Å². The van der Waals surface area contributed by atoms with E-state index in [2.05, 4.69) is 25.5 Å². The van der Waals surface area contributed by atoms with Crippen molar-refractivity contribution in [2.24, 2.45) is 0 Å². The Labute approximate surface area is 86.6 Å². The maximum Gasteiger partial charge on any atom is 0.161 e. The van der Waals surface area contributed by atoms with Gasteiger partial charge in [-0.2, -0.15) is 0 Å². The zero-order chi connectivity index (χ0) is 9.97. The van der Waals surface area contributed by atoms with Gasteiger partial charge in [0.25, 0.3) is 0 Å². The third kappa shape index (κ3) is 1.80. The first kappa shape index (κ1) is 9.66. The largest absolute Gasteiger partial charge is 0.465 e. The van der Waals surface area contributed by atoms with Gasteiger partial charge >= 0.3 is 0 Å². The second-order valence-electron chi connectivity index (χ2n) is 3.85. The Balaban J connectivity index is 2.24. The van der Waals surface area contributed by atoms with E-state index in [1.165, 1.54) is 24.1 Å². The lowest BCUT2D eigenvalue weighted by molar-refractivity contribution is 0.472. The van der Waals surface area contributed by atoms with Crippen LogP contribution >= 0.6 is 0 Å². The SMILES string of the molecule is BBN1CCC(C)=C(c2ccco2)C1. The summed E-state index contributed by atoms with van der Waals surface area (Å²) in [5.41, 5.74) is 2.85. The molecule has 1 aliphatic rings. The molecule has 1 aromatic rings. The van der Waals surface area contributed by atoms with Gasteiger partial charge in [-0.15, -0.1) is 0 Å². The molecule has 0 amide bonds. The molecular formula is C10H15B2NO. The first-order valence-electron chi connectivity index (χ1n) is 5.26. The Bertz CT molecular complexity index is 332. The minimum atomic E-state index is 1.04. The van der Waals surface area contributed by atoms with Gasteiger partial charge in [-0.1, -0.05) is 5.57 Å². The summed E-state index contributed by atoms with van der Waals surface area (Å²) in [5.74, 6) is 1.04. The fourth-order valence-corrected chi connectivity index (χ4v) is 1.92. The molecule has 0 bridgehead atoms. The molecule has 1 aliphatic heterocycles. The molecule has 0 saturated carbocycles. The monoisotopic (exact) mass is 187 g/mol. The van der Waals surface area contributed by atoms with E-state index in [0.29, 0.717) is 0 Å². The molecule has 4 heteroatoms. The van der Waals surface area contributed by atoms with Crippen LogP contribution in [0.4, 0.5) is 0 Å². The summed E-state index contributed by atoms with van der Waals surface area (Å²) in [5, 5.41) is 0. The molecule has 0 unspecified atom stereocenters. The van der Waals surface area contributed by atoms with Crippen LogP contribution in [0.15, 0.2) is 28.4 Å². The zero-order valence-electron chi connectivity index (χ0n) is 8.92. The van der Waals surface area contributed by atoms with Crippen molar-refractivity contribution in [2.45, 2.75) is 13.3 Å². The van der Waals surface area contributed by atoms with Gasteiger partial charge in [-0.3, -0.25) is 0 Å². The van der Waals surface area contributed by atoms with Gasteiger partial charge in [0.1, 0.15) is 5.76 Å². The Hall–Kier alpha value is -0.890. The summed E-state index contributed by atoms with van der Waals surface area (Å²) in [6.07, 6.45) is 2.92. The van der Waals surface area contributed by atoms with E-state index in [9.17, 15) is 0 Å². The number of rotatable bonds is 2. The minimum absolute atomic E-state index is 1.04. The minimum Gasteiger partial charge on any atom is -0.465 e. The summed E-state index contributed by atoms with van der Waals surface area (Å²) < 4.78 is 5.45. The number of nitrogens with zero attached hydrogens (tertiary/aromatic N) is 1. The van der Waals surface area contributed by atoms with E-state index in [-0.39, 0.29) is 0 Å². The molecule has 72 valence electrons. The fraction of sp³-hybridized carbons (Fsp3) is 0.400. The van der Waals surface area contributed by atoms with Crippen LogP contribution in [0.3, 0.4) is 0 Å². The van der Waals surface area contributed by atoms with Crippen molar-refractivity contribution >= 4 is 20.6 Å². The van der Waals surface area contributed by atoms with Crippen LogP contribution in [0.1, 0.15) is 19.1 Å². The second-order valence-corrected chi connectivity index (χ2v) is 3.85. The van der Waals surface area contributed by atoms with Gasteiger partial charge in [-0.25, -0.2) is 0 Å². The molecule has 0 aliphatic carbocycles. The number of furan rings is 1. The summed E-state index contributed by atoms with van der Waals surface area (Å²) >= 11 is 0. The van der Waals surface area contributed by atoms with E-state index in [0.717, 1.165) is 19.6 Å². The molecule has 0 saturated heterocycles. The highest BCUT2D eigenvalue weighted by Crippen LogP contribution is 2.25. The predicted octanol–water partition coefficient (Wildman–Crippen LogP) is 0.658. The van der Waals surface area contributed by atoms with Gasteiger partial charge in [0.05, 0.1) is 14.0 Å². The molecule has 0 atom stereocenters. The number of hydrogen-bond donors (Lipinski definition) is 0. The van der Waals surface area contributed by atoms with Crippen LogP contribution in [0.2, 0.25) is 0 Å². The van der Waals surface area contributed by atoms with E-state index in [4.69, 9.17) is 4.42 Å². The van der Waals surface area contributed by atoms with Crippen molar-refractivity contribution in [3.05, 3.63) is 29.7 Å². The van der Waals surface area contributed by atoms with Crippen LogP contribution in [0.25, 0.3) is 5.57 Å². The maximum atomic E-state index is 5.45. The topological polar surface area (TPSA) is 16.4 Å². The highest BCUT2D eigenvalue weighted by molar-refractivity contribution is 6.87. The Morgan fingerprint density at radius 2 is 2.43 bits per heavy atom. The Morgan fingerprint density at radius 1 is 1.57 bits per heavy atom. The van der Waals surface area contributed by atoms with Crippen LogP contribution in [0.5, 0.6) is 0 Å². The van der Waals surface area contributed by atoms with Crippen LogP contribution < -0.4 is 0 Å². The third-order valence-electron chi connectivity index (χ3n) is 2.97. The average molecular weight is 187 g/mol.